The fourth-order valence-corrected chi connectivity index (χ4v) is 3.36. The lowest BCUT2D eigenvalue weighted by atomic mass is 9.60. The van der Waals surface area contributed by atoms with E-state index >= 15 is 0 Å². The first kappa shape index (κ1) is 8.55. The van der Waals surface area contributed by atoms with Gasteiger partial charge < -0.3 is 4.90 Å². The highest BCUT2D eigenvalue weighted by molar-refractivity contribution is 4.94. The van der Waals surface area contributed by atoms with Gasteiger partial charge in [0.25, 0.3) is 0 Å². The fraction of sp³-hybridized carbons (Fsp3) is 1.00. The van der Waals surface area contributed by atoms with Crippen molar-refractivity contribution in [3.63, 3.8) is 0 Å². The Morgan fingerprint density at radius 3 is 2.67 bits per heavy atom. The minimum Gasteiger partial charge on any atom is -0.306 e. The lowest BCUT2D eigenvalue weighted by molar-refractivity contribution is 0.0325. The summed E-state index contributed by atoms with van der Waals surface area (Å²) in [5, 5.41) is 0. The lowest BCUT2D eigenvalue weighted by Gasteiger charge is -2.47. The standard InChI is InChI=1S/C11H21N/c1-10-7-11(8-10)5-3-4-6-12(2)9-11/h10H,3-9H2,1-2H3. The average molecular weight is 167 g/mol. The molecule has 0 amide bonds. The first-order valence-electron chi connectivity index (χ1n) is 5.39. The molecule has 0 aromatic heterocycles. The van der Waals surface area contributed by atoms with Gasteiger partial charge in [-0.15, -0.1) is 0 Å². The quantitative estimate of drug-likeness (QED) is 0.536. The minimum absolute atomic E-state index is 0.755. The van der Waals surface area contributed by atoms with Gasteiger partial charge in [-0.3, -0.25) is 0 Å². The van der Waals surface area contributed by atoms with Gasteiger partial charge in [0.1, 0.15) is 0 Å². The van der Waals surface area contributed by atoms with Gasteiger partial charge in [0.2, 0.25) is 0 Å². The Bertz CT molecular complexity index is 158. The molecule has 2 rings (SSSR count). The van der Waals surface area contributed by atoms with E-state index in [2.05, 4.69) is 18.9 Å². The van der Waals surface area contributed by atoms with Crippen LogP contribution in [0.5, 0.6) is 0 Å². The van der Waals surface area contributed by atoms with Crippen LogP contribution in [-0.2, 0) is 0 Å². The van der Waals surface area contributed by atoms with Crippen LogP contribution in [0, 0.1) is 11.3 Å². The highest BCUT2D eigenvalue weighted by Gasteiger charge is 2.42. The first-order chi connectivity index (χ1) is 5.70. The van der Waals surface area contributed by atoms with Crippen LogP contribution in [0.1, 0.15) is 39.0 Å². The molecule has 1 saturated carbocycles. The van der Waals surface area contributed by atoms with E-state index in [1.54, 1.807) is 0 Å². The van der Waals surface area contributed by atoms with Crippen LogP contribution in [0.4, 0.5) is 0 Å². The van der Waals surface area contributed by atoms with Gasteiger partial charge in [0, 0.05) is 6.54 Å². The molecule has 0 unspecified atom stereocenters. The van der Waals surface area contributed by atoms with Crippen molar-refractivity contribution in [1.82, 2.24) is 4.90 Å². The molecular weight excluding hydrogens is 146 g/mol. The van der Waals surface area contributed by atoms with Crippen molar-refractivity contribution in [1.29, 1.82) is 0 Å². The second-order valence-electron chi connectivity index (χ2n) is 5.21. The SMILES string of the molecule is CC1CC2(CCCCN(C)C2)C1. The predicted octanol–water partition coefficient (Wildman–Crippen LogP) is 2.52. The van der Waals surface area contributed by atoms with Gasteiger partial charge >= 0.3 is 0 Å². The van der Waals surface area contributed by atoms with E-state index in [1.165, 1.54) is 45.2 Å². The van der Waals surface area contributed by atoms with E-state index < -0.39 is 0 Å². The average Bonchev–Trinajstić information content (AvgIpc) is 2.10. The molecule has 0 atom stereocenters. The molecule has 1 saturated heterocycles. The summed E-state index contributed by atoms with van der Waals surface area (Å²) in [5.41, 5.74) is 0.755. The molecular formula is C11H21N. The van der Waals surface area contributed by atoms with Crippen molar-refractivity contribution in [2.45, 2.75) is 39.0 Å². The summed E-state index contributed by atoms with van der Waals surface area (Å²) in [6.45, 7) is 5.10. The second-order valence-corrected chi connectivity index (χ2v) is 5.21. The lowest BCUT2D eigenvalue weighted by Crippen LogP contribution is -2.43. The molecule has 1 aliphatic carbocycles. The molecule has 12 heavy (non-hydrogen) atoms. The summed E-state index contributed by atoms with van der Waals surface area (Å²) < 4.78 is 0. The van der Waals surface area contributed by atoms with Gasteiger partial charge in [-0.2, -0.15) is 0 Å². The Labute approximate surface area is 76.1 Å². The van der Waals surface area contributed by atoms with E-state index in [1.807, 2.05) is 0 Å². The van der Waals surface area contributed by atoms with Crippen LogP contribution >= 0.6 is 0 Å². The first-order valence-corrected chi connectivity index (χ1v) is 5.39. The van der Waals surface area contributed by atoms with Crippen LogP contribution in [0.3, 0.4) is 0 Å². The van der Waals surface area contributed by atoms with E-state index in [-0.39, 0.29) is 0 Å². The molecule has 0 N–H and O–H groups in total. The van der Waals surface area contributed by atoms with Crippen molar-refractivity contribution in [2.24, 2.45) is 11.3 Å². The predicted molar refractivity (Wildman–Crippen MR) is 52.2 cm³/mol. The Balaban J connectivity index is 1.96. The van der Waals surface area contributed by atoms with Crippen LogP contribution in [0.25, 0.3) is 0 Å². The molecule has 2 fully saturated rings. The summed E-state index contributed by atoms with van der Waals surface area (Å²) in [6, 6.07) is 0. The Morgan fingerprint density at radius 2 is 2.00 bits per heavy atom. The molecule has 0 aromatic carbocycles. The molecule has 1 nitrogen and oxygen atoms in total. The topological polar surface area (TPSA) is 3.24 Å². The summed E-state index contributed by atoms with van der Waals surface area (Å²) in [7, 11) is 2.29. The summed E-state index contributed by atoms with van der Waals surface area (Å²) in [6.07, 6.45) is 7.39. The second kappa shape index (κ2) is 3.02. The van der Waals surface area contributed by atoms with Crippen molar-refractivity contribution < 1.29 is 0 Å². The third-order valence-electron chi connectivity index (χ3n) is 3.67. The third-order valence-corrected chi connectivity index (χ3v) is 3.67. The molecule has 0 bridgehead atoms. The van der Waals surface area contributed by atoms with Gasteiger partial charge in [0.15, 0.2) is 0 Å². The Kier molecular flexibility index (Phi) is 2.16. The number of hydrogen-bond acceptors (Lipinski definition) is 1. The van der Waals surface area contributed by atoms with Crippen LogP contribution < -0.4 is 0 Å². The smallest absolute Gasteiger partial charge is 0.00351 e. The van der Waals surface area contributed by atoms with Crippen molar-refractivity contribution >= 4 is 0 Å². The van der Waals surface area contributed by atoms with Crippen LogP contribution in [0.15, 0.2) is 0 Å². The maximum atomic E-state index is 2.54. The van der Waals surface area contributed by atoms with Crippen LogP contribution in [-0.4, -0.2) is 25.0 Å². The Hall–Kier alpha value is -0.0400. The normalized spacial score (nSPS) is 44.0. The largest absolute Gasteiger partial charge is 0.306 e. The molecule has 1 heterocycles. The van der Waals surface area contributed by atoms with Crippen molar-refractivity contribution in [3.8, 4) is 0 Å². The van der Waals surface area contributed by atoms with E-state index in [0.29, 0.717) is 0 Å². The maximum Gasteiger partial charge on any atom is 0.00351 e. The molecule has 1 spiro atoms. The molecule has 1 heteroatoms. The van der Waals surface area contributed by atoms with Gasteiger partial charge in [-0.25, -0.2) is 0 Å². The number of nitrogens with zero attached hydrogens (tertiary/aromatic N) is 1. The summed E-state index contributed by atoms with van der Waals surface area (Å²) >= 11 is 0. The zero-order valence-electron chi connectivity index (χ0n) is 8.47. The third kappa shape index (κ3) is 1.52. The zero-order valence-corrected chi connectivity index (χ0v) is 8.47. The molecule has 0 radical (unpaired) electrons. The highest BCUT2D eigenvalue weighted by Crippen LogP contribution is 2.50. The van der Waals surface area contributed by atoms with Crippen molar-refractivity contribution in [2.75, 3.05) is 20.1 Å². The van der Waals surface area contributed by atoms with Gasteiger partial charge in [-0.1, -0.05) is 13.3 Å². The fourth-order valence-electron chi connectivity index (χ4n) is 3.36. The molecule has 2 aliphatic rings. The van der Waals surface area contributed by atoms with Gasteiger partial charge in [-0.05, 0) is 50.6 Å². The van der Waals surface area contributed by atoms with E-state index in [0.717, 1.165) is 11.3 Å². The molecule has 70 valence electrons. The zero-order chi connectivity index (χ0) is 8.60. The molecule has 0 aromatic rings. The monoisotopic (exact) mass is 167 g/mol. The number of hydrogen-bond donors (Lipinski definition) is 0. The number of rotatable bonds is 0. The van der Waals surface area contributed by atoms with Crippen molar-refractivity contribution in [3.05, 3.63) is 0 Å². The van der Waals surface area contributed by atoms with E-state index in [9.17, 15) is 0 Å². The Morgan fingerprint density at radius 1 is 1.25 bits per heavy atom. The molecule has 1 aliphatic heterocycles. The maximum absolute atomic E-state index is 2.54. The minimum atomic E-state index is 0.755. The number of likely N-dealkylation sites (tertiary alicyclic amines) is 1. The summed E-state index contributed by atoms with van der Waals surface area (Å²) in [5.74, 6) is 1.01. The van der Waals surface area contributed by atoms with E-state index in [4.69, 9.17) is 0 Å². The highest BCUT2D eigenvalue weighted by atomic mass is 15.1. The summed E-state index contributed by atoms with van der Waals surface area (Å²) in [4.78, 5) is 2.54. The van der Waals surface area contributed by atoms with Crippen LogP contribution in [0.2, 0.25) is 0 Å². The van der Waals surface area contributed by atoms with Gasteiger partial charge in [0.05, 0.1) is 0 Å².